The zero-order chi connectivity index (χ0) is 19.7. The van der Waals surface area contributed by atoms with E-state index in [0.717, 1.165) is 29.5 Å². The quantitative estimate of drug-likeness (QED) is 0.579. The molecule has 142 valence electrons. The predicted octanol–water partition coefficient (Wildman–Crippen LogP) is 5.54. The van der Waals surface area contributed by atoms with Gasteiger partial charge in [0, 0.05) is 23.9 Å². The number of nitrogens with zero attached hydrogens (tertiary/aromatic N) is 1. The van der Waals surface area contributed by atoms with Crippen molar-refractivity contribution in [1.29, 1.82) is 0 Å². The number of carbonyl (C=O) groups is 2. The van der Waals surface area contributed by atoms with E-state index in [1.54, 1.807) is 14.1 Å². The van der Waals surface area contributed by atoms with Crippen LogP contribution < -0.4 is 5.32 Å². The molecular weight excluding hydrogens is 388 g/mol. The molecule has 0 saturated carbocycles. The lowest BCUT2D eigenvalue weighted by atomic mass is 9.91. The Morgan fingerprint density at radius 1 is 1.00 bits per heavy atom. The highest BCUT2D eigenvalue weighted by Crippen LogP contribution is 2.40. The smallest absolute Gasteiger partial charge is 0.286 e. The van der Waals surface area contributed by atoms with Gasteiger partial charge in [0.2, 0.25) is 0 Å². The Morgan fingerprint density at radius 3 is 2.54 bits per heavy atom. The van der Waals surface area contributed by atoms with Crippen LogP contribution in [-0.4, -0.2) is 30.1 Å². The van der Waals surface area contributed by atoms with E-state index in [4.69, 9.17) is 0 Å². The van der Waals surface area contributed by atoms with E-state index >= 15 is 0 Å². The van der Waals surface area contributed by atoms with E-state index in [0.29, 0.717) is 10.6 Å². The highest BCUT2D eigenvalue weighted by molar-refractivity contribution is 8.13. The van der Waals surface area contributed by atoms with E-state index in [-0.39, 0.29) is 11.1 Å². The van der Waals surface area contributed by atoms with E-state index in [1.807, 2.05) is 36.4 Å². The normalized spacial score (nSPS) is 12.1. The van der Waals surface area contributed by atoms with Gasteiger partial charge >= 0.3 is 0 Å². The van der Waals surface area contributed by atoms with Crippen molar-refractivity contribution in [2.24, 2.45) is 0 Å². The first-order valence-electron chi connectivity index (χ1n) is 9.03. The number of hydrogen-bond donors (Lipinski definition) is 1. The lowest BCUT2D eigenvalue weighted by Gasteiger charge is -2.15. The molecule has 2 aromatic carbocycles. The highest BCUT2D eigenvalue weighted by Gasteiger charge is 2.22. The molecule has 0 fully saturated rings. The lowest BCUT2D eigenvalue weighted by molar-refractivity contribution is 0.103. The Bertz CT molecular complexity index is 1060. The van der Waals surface area contributed by atoms with Gasteiger partial charge in [-0.15, -0.1) is 11.3 Å². The second kappa shape index (κ2) is 7.81. The fourth-order valence-corrected chi connectivity index (χ4v) is 5.12. The largest absolute Gasteiger partial charge is 0.339 e. The number of aryl methyl sites for hydroxylation is 2. The summed E-state index contributed by atoms with van der Waals surface area (Å²) in [5.41, 5.74) is 4.46. The zero-order valence-electron chi connectivity index (χ0n) is 15.7. The number of anilines is 1. The number of rotatable bonds is 3. The van der Waals surface area contributed by atoms with Crippen LogP contribution in [0.5, 0.6) is 0 Å². The lowest BCUT2D eigenvalue weighted by Crippen LogP contribution is -2.17. The maximum absolute atomic E-state index is 12.9. The molecule has 0 aliphatic heterocycles. The van der Waals surface area contributed by atoms with Crippen molar-refractivity contribution in [2.75, 3.05) is 19.4 Å². The van der Waals surface area contributed by atoms with Gasteiger partial charge in [-0.25, -0.2) is 0 Å². The van der Waals surface area contributed by atoms with Gasteiger partial charge in [0.25, 0.3) is 11.1 Å². The van der Waals surface area contributed by atoms with Gasteiger partial charge in [-0.2, -0.15) is 0 Å². The van der Waals surface area contributed by atoms with Crippen LogP contribution in [0.15, 0.2) is 59.5 Å². The summed E-state index contributed by atoms with van der Waals surface area (Å²) in [6.45, 7) is 0. The van der Waals surface area contributed by atoms with Gasteiger partial charge < -0.3 is 10.2 Å². The molecule has 1 aliphatic rings. The molecule has 1 N–H and O–H groups in total. The Balaban J connectivity index is 1.58. The second-order valence-corrected chi connectivity index (χ2v) is 8.88. The summed E-state index contributed by atoms with van der Waals surface area (Å²) in [5.74, 6) is -0.137. The fraction of sp³-hybridized carbons (Fsp3) is 0.182. The molecule has 0 bridgehead atoms. The predicted molar refractivity (Wildman–Crippen MR) is 116 cm³/mol. The molecule has 3 aromatic rings. The molecule has 1 aliphatic carbocycles. The number of amides is 2. The molecule has 0 atom stereocenters. The van der Waals surface area contributed by atoms with Gasteiger partial charge in [-0.3, -0.25) is 9.59 Å². The number of para-hydroxylation sites is 1. The molecule has 1 heterocycles. The van der Waals surface area contributed by atoms with Crippen LogP contribution in [0.4, 0.5) is 10.5 Å². The Labute approximate surface area is 172 Å². The van der Waals surface area contributed by atoms with Crippen LogP contribution in [-0.2, 0) is 12.8 Å². The topological polar surface area (TPSA) is 49.4 Å². The van der Waals surface area contributed by atoms with Gasteiger partial charge in [0.15, 0.2) is 0 Å². The maximum Gasteiger partial charge on any atom is 0.286 e. The minimum Gasteiger partial charge on any atom is -0.339 e. The molecule has 28 heavy (non-hydrogen) atoms. The number of thiophene rings is 1. The molecule has 0 saturated heterocycles. The SMILES string of the molecule is CN(C)C(=O)Sc1ccccc1NC(=O)c1cc2c(s1)-c1ccccc1CC2. The summed E-state index contributed by atoms with van der Waals surface area (Å²) in [7, 11) is 3.43. The van der Waals surface area contributed by atoms with Crippen LogP contribution in [0, 0.1) is 0 Å². The maximum atomic E-state index is 12.9. The van der Waals surface area contributed by atoms with Crippen molar-refractivity contribution >= 4 is 39.9 Å². The Morgan fingerprint density at radius 2 is 1.71 bits per heavy atom. The van der Waals surface area contributed by atoms with Crippen LogP contribution in [0.2, 0.25) is 0 Å². The zero-order valence-corrected chi connectivity index (χ0v) is 17.3. The fourth-order valence-electron chi connectivity index (χ4n) is 3.21. The summed E-state index contributed by atoms with van der Waals surface area (Å²) < 4.78 is 0. The first-order valence-corrected chi connectivity index (χ1v) is 10.7. The van der Waals surface area contributed by atoms with Crippen molar-refractivity contribution in [3.8, 4) is 10.4 Å². The summed E-state index contributed by atoms with van der Waals surface area (Å²) >= 11 is 2.65. The highest BCUT2D eigenvalue weighted by atomic mass is 32.2. The molecule has 6 heteroatoms. The third-order valence-corrected chi connectivity index (χ3v) is 6.98. The number of nitrogens with one attached hydrogen (secondary N) is 1. The molecule has 0 spiro atoms. The van der Waals surface area contributed by atoms with E-state index < -0.39 is 0 Å². The standard InChI is InChI=1S/C22H20N2O2S2/c1-24(2)22(26)28-18-10-6-5-9-17(18)23-21(25)19-13-15-12-11-14-7-3-4-8-16(14)20(15)27-19/h3-10,13H,11-12H2,1-2H3,(H,23,25). The average Bonchev–Trinajstić information content (AvgIpc) is 3.14. The Kier molecular flexibility index (Phi) is 5.24. The Hall–Kier alpha value is -2.57. The van der Waals surface area contributed by atoms with Crippen molar-refractivity contribution in [2.45, 2.75) is 17.7 Å². The number of thioether (sulfide) groups is 1. The van der Waals surface area contributed by atoms with Gasteiger partial charge in [0.05, 0.1) is 10.6 Å². The number of benzene rings is 2. The molecule has 1 aromatic heterocycles. The van der Waals surface area contributed by atoms with Crippen LogP contribution >= 0.6 is 23.1 Å². The molecule has 0 radical (unpaired) electrons. The van der Waals surface area contributed by atoms with Crippen molar-refractivity contribution in [3.63, 3.8) is 0 Å². The molecule has 4 nitrogen and oxygen atoms in total. The summed E-state index contributed by atoms with van der Waals surface area (Å²) in [6.07, 6.45) is 1.97. The summed E-state index contributed by atoms with van der Waals surface area (Å²) in [4.78, 5) is 29.1. The minimum atomic E-state index is -0.137. The van der Waals surface area contributed by atoms with Gasteiger partial charge in [-0.1, -0.05) is 36.4 Å². The van der Waals surface area contributed by atoms with Crippen molar-refractivity contribution in [1.82, 2.24) is 4.90 Å². The van der Waals surface area contributed by atoms with Gasteiger partial charge in [0.1, 0.15) is 0 Å². The third kappa shape index (κ3) is 3.70. The third-order valence-electron chi connectivity index (χ3n) is 4.66. The molecule has 2 amide bonds. The molecule has 4 rings (SSSR count). The van der Waals surface area contributed by atoms with E-state index in [1.165, 1.54) is 37.8 Å². The first kappa shape index (κ1) is 18.8. The summed E-state index contributed by atoms with van der Waals surface area (Å²) in [6, 6.07) is 17.8. The number of hydrogen-bond acceptors (Lipinski definition) is 4. The molecule has 0 unspecified atom stereocenters. The monoisotopic (exact) mass is 408 g/mol. The first-order chi connectivity index (χ1) is 13.5. The second-order valence-electron chi connectivity index (χ2n) is 6.83. The van der Waals surface area contributed by atoms with Crippen molar-refractivity contribution in [3.05, 3.63) is 70.6 Å². The number of carbonyl (C=O) groups excluding carboxylic acids is 2. The van der Waals surface area contributed by atoms with Crippen LogP contribution in [0.3, 0.4) is 0 Å². The van der Waals surface area contributed by atoms with Crippen LogP contribution in [0.25, 0.3) is 10.4 Å². The van der Waals surface area contributed by atoms with E-state index in [2.05, 4.69) is 23.5 Å². The number of fused-ring (bicyclic) bond motifs is 3. The van der Waals surface area contributed by atoms with E-state index in [9.17, 15) is 9.59 Å². The molecular formula is C22H20N2O2S2. The minimum absolute atomic E-state index is 0.0788. The average molecular weight is 409 g/mol. The summed E-state index contributed by atoms with van der Waals surface area (Å²) in [5, 5.41) is 2.91. The van der Waals surface area contributed by atoms with Gasteiger partial charge in [-0.05, 0) is 59.5 Å². The van der Waals surface area contributed by atoms with Crippen LogP contribution in [0.1, 0.15) is 20.8 Å². The van der Waals surface area contributed by atoms with Crippen molar-refractivity contribution < 1.29 is 9.59 Å².